The molecular weight excluding hydrogens is 300 g/mol. The maximum absolute atomic E-state index is 12.2. The number of benzene rings is 1. The van der Waals surface area contributed by atoms with Gasteiger partial charge < -0.3 is 20.1 Å². The summed E-state index contributed by atoms with van der Waals surface area (Å²) in [7, 11) is 2.38. The molecule has 0 aliphatic rings. The lowest BCUT2D eigenvalue weighted by Crippen LogP contribution is -2.30. The van der Waals surface area contributed by atoms with Gasteiger partial charge >= 0.3 is 11.9 Å². The Morgan fingerprint density at radius 2 is 1.74 bits per heavy atom. The highest BCUT2D eigenvalue weighted by atomic mass is 16.5. The molecule has 1 rings (SSSR count). The summed E-state index contributed by atoms with van der Waals surface area (Å²) in [6.07, 6.45) is 0.961. The molecule has 0 heterocycles. The zero-order chi connectivity index (χ0) is 17.4. The smallest absolute Gasteiger partial charge is 0.354 e. The average Bonchev–Trinajstić information content (AvgIpc) is 2.53. The molecule has 0 aliphatic heterocycles. The van der Waals surface area contributed by atoms with Crippen LogP contribution in [0.1, 0.15) is 24.2 Å². The van der Waals surface area contributed by atoms with Crippen LogP contribution < -0.4 is 10.6 Å². The first-order valence-electron chi connectivity index (χ1n) is 6.94. The monoisotopic (exact) mass is 320 g/mol. The van der Waals surface area contributed by atoms with E-state index < -0.39 is 11.9 Å². The first kappa shape index (κ1) is 18.2. The first-order valence-corrected chi connectivity index (χ1v) is 6.94. The van der Waals surface area contributed by atoms with Crippen LogP contribution in [-0.2, 0) is 19.1 Å². The second kappa shape index (κ2) is 8.57. The number of hydrogen-bond donors (Lipinski definition) is 2. The standard InChI is InChI=1S/C16H20N2O5/c1-10(2)17-15(20)11-7-5-6-8-12(11)18-13(16(21)23-4)9-14(19)22-3/h5-10,18H,1-4H3,(H,17,20)/b13-9+. The molecule has 7 nitrogen and oxygen atoms in total. The highest BCUT2D eigenvalue weighted by Crippen LogP contribution is 2.18. The van der Waals surface area contributed by atoms with Gasteiger partial charge in [-0.3, -0.25) is 4.79 Å². The normalized spacial score (nSPS) is 10.9. The number of esters is 2. The van der Waals surface area contributed by atoms with Crippen molar-refractivity contribution in [3.63, 3.8) is 0 Å². The SMILES string of the molecule is COC(=O)/C=C(/Nc1ccccc1C(=O)NC(C)C)C(=O)OC. The van der Waals surface area contributed by atoms with E-state index in [0.717, 1.165) is 6.08 Å². The number of carbonyl (C=O) groups excluding carboxylic acids is 3. The summed E-state index contributed by atoms with van der Waals surface area (Å²) in [5.74, 6) is -1.78. The van der Waals surface area contributed by atoms with E-state index in [1.807, 2.05) is 13.8 Å². The van der Waals surface area contributed by atoms with Crippen molar-refractivity contribution >= 4 is 23.5 Å². The fraction of sp³-hybridized carbons (Fsp3) is 0.312. The van der Waals surface area contributed by atoms with E-state index in [1.54, 1.807) is 24.3 Å². The van der Waals surface area contributed by atoms with Crippen LogP contribution in [-0.4, -0.2) is 38.1 Å². The zero-order valence-corrected chi connectivity index (χ0v) is 13.5. The number of rotatable bonds is 6. The van der Waals surface area contributed by atoms with Gasteiger partial charge in [-0.2, -0.15) is 0 Å². The van der Waals surface area contributed by atoms with E-state index in [4.69, 9.17) is 0 Å². The van der Waals surface area contributed by atoms with Gasteiger partial charge in [-0.1, -0.05) is 12.1 Å². The Hall–Kier alpha value is -2.83. The molecule has 0 aromatic heterocycles. The van der Waals surface area contributed by atoms with Gasteiger partial charge in [0.2, 0.25) is 0 Å². The summed E-state index contributed by atoms with van der Waals surface area (Å²) in [5, 5.41) is 5.50. The molecular formula is C16H20N2O5. The van der Waals surface area contributed by atoms with E-state index in [-0.39, 0.29) is 17.6 Å². The van der Waals surface area contributed by atoms with Crippen molar-refractivity contribution in [1.82, 2.24) is 5.32 Å². The third-order valence-electron chi connectivity index (χ3n) is 2.73. The molecule has 0 aliphatic carbocycles. The number of nitrogens with one attached hydrogen (secondary N) is 2. The van der Waals surface area contributed by atoms with Crippen molar-refractivity contribution in [1.29, 1.82) is 0 Å². The molecule has 0 saturated carbocycles. The topological polar surface area (TPSA) is 93.7 Å². The summed E-state index contributed by atoms with van der Waals surface area (Å²) in [6, 6.07) is 6.57. The molecule has 0 bridgehead atoms. The summed E-state index contributed by atoms with van der Waals surface area (Å²) in [6.45, 7) is 3.68. The molecule has 1 aromatic rings. The van der Waals surface area contributed by atoms with Crippen LogP contribution in [0.25, 0.3) is 0 Å². The largest absolute Gasteiger partial charge is 0.466 e. The fourth-order valence-electron chi connectivity index (χ4n) is 1.71. The zero-order valence-electron chi connectivity index (χ0n) is 13.5. The average molecular weight is 320 g/mol. The Morgan fingerprint density at radius 3 is 2.30 bits per heavy atom. The number of hydrogen-bond acceptors (Lipinski definition) is 6. The van der Waals surface area contributed by atoms with Crippen molar-refractivity contribution in [3.05, 3.63) is 41.6 Å². The summed E-state index contributed by atoms with van der Waals surface area (Å²) >= 11 is 0. The molecule has 0 saturated heterocycles. The second-order valence-electron chi connectivity index (χ2n) is 4.87. The van der Waals surface area contributed by atoms with Gasteiger partial charge in [-0.25, -0.2) is 9.59 Å². The van der Waals surface area contributed by atoms with Gasteiger partial charge in [0.25, 0.3) is 5.91 Å². The number of ether oxygens (including phenoxy) is 2. The predicted molar refractivity (Wildman–Crippen MR) is 84.8 cm³/mol. The molecule has 0 radical (unpaired) electrons. The molecule has 7 heteroatoms. The van der Waals surface area contributed by atoms with E-state index in [9.17, 15) is 14.4 Å². The highest BCUT2D eigenvalue weighted by Gasteiger charge is 2.17. The number of methoxy groups -OCH3 is 2. The van der Waals surface area contributed by atoms with E-state index in [1.165, 1.54) is 14.2 Å². The van der Waals surface area contributed by atoms with Crippen LogP contribution in [0.4, 0.5) is 5.69 Å². The maximum atomic E-state index is 12.2. The van der Waals surface area contributed by atoms with Gasteiger partial charge in [0, 0.05) is 6.04 Å². The summed E-state index contributed by atoms with van der Waals surface area (Å²) in [4.78, 5) is 35.3. The maximum Gasteiger partial charge on any atom is 0.354 e. The van der Waals surface area contributed by atoms with Crippen molar-refractivity contribution < 1.29 is 23.9 Å². The third kappa shape index (κ3) is 5.46. The lowest BCUT2D eigenvalue weighted by Gasteiger charge is -2.14. The Kier molecular flexibility index (Phi) is 6.79. The summed E-state index contributed by atoms with van der Waals surface area (Å²) in [5.41, 5.74) is 0.566. The number of amides is 1. The van der Waals surface area contributed by atoms with Crippen LogP contribution in [0.5, 0.6) is 0 Å². The van der Waals surface area contributed by atoms with E-state index >= 15 is 0 Å². The quantitative estimate of drug-likeness (QED) is 0.609. The van der Waals surface area contributed by atoms with Crippen LogP contribution in [0.15, 0.2) is 36.0 Å². The highest BCUT2D eigenvalue weighted by molar-refractivity contribution is 6.03. The number of carbonyl (C=O) groups is 3. The minimum Gasteiger partial charge on any atom is -0.466 e. The molecule has 0 spiro atoms. The summed E-state index contributed by atoms with van der Waals surface area (Å²) < 4.78 is 9.12. The van der Waals surface area contributed by atoms with E-state index in [2.05, 4.69) is 20.1 Å². The molecule has 23 heavy (non-hydrogen) atoms. The third-order valence-corrected chi connectivity index (χ3v) is 2.73. The van der Waals surface area contributed by atoms with Crippen LogP contribution in [0.3, 0.4) is 0 Å². The van der Waals surface area contributed by atoms with Gasteiger partial charge in [0.15, 0.2) is 0 Å². The number of para-hydroxylation sites is 1. The second-order valence-corrected chi connectivity index (χ2v) is 4.87. The Bertz CT molecular complexity index is 623. The van der Waals surface area contributed by atoms with Gasteiger partial charge in [0.1, 0.15) is 5.70 Å². The van der Waals surface area contributed by atoms with Crippen molar-refractivity contribution in [2.75, 3.05) is 19.5 Å². The predicted octanol–water partition coefficient (Wildman–Crippen LogP) is 1.47. The van der Waals surface area contributed by atoms with E-state index in [0.29, 0.717) is 11.3 Å². The lowest BCUT2D eigenvalue weighted by atomic mass is 10.1. The Morgan fingerprint density at radius 1 is 1.09 bits per heavy atom. The van der Waals surface area contributed by atoms with Crippen molar-refractivity contribution in [3.8, 4) is 0 Å². The molecule has 0 unspecified atom stereocenters. The molecule has 0 atom stereocenters. The molecule has 0 fully saturated rings. The van der Waals surface area contributed by atoms with Crippen LogP contribution >= 0.6 is 0 Å². The first-order chi connectivity index (χ1) is 10.9. The minimum atomic E-state index is -0.755. The van der Waals surface area contributed by atoms with Crippen LogP contribution in [0, 0.1) is 0 Å². The molecule has 1 aromatic carbocycles. The fourth-order valence-corrected chi connectivity index (χ4v) is 1.71. The van der Waals surface area contributed by atoms with Crippen molar-refractivity contribution in [2.45, 2.75) is 19.9 Å². The van der Waals surface area contributed by atoms with Crippen molar-refractivity contribution in [2.24, 2.45) is 0 Å². The van der Waals surface area contributed by atoms with Gasteiger partial charge in [-0.05, 0) is 26.0 Å². The Balaban J connectivity index is 3.14. The minimum absolute atomic E-state index is 0.0405. The molecule has 1 amide bonds. The van der Waals surface area contributed by atoms with Crippen LogP contribution in [0.2, 0.25) is 0 Å². The van der Waals surface area contributed by atoms with Gasteiger partial charge in [0.05, 0.1) is 31.5 Å². The number of anilines is 1. The molecule has 2 N–H and O–H groups in total. The lowest BCUT2D eigenvalue weighted by molar-refractivity contribution is -0.138. The van der Waals surface area contributed by atoms with Gasteiger partial charge in [-0.15, -0.1) is 0 Å². The Labute approximate surface area is 134 Å². The molecule has 124 valence electrons.